The summed E-state index contributed by atoms with van der Waals surface area (Å²) in [6, 6.07) is 15.0. The van der Waals surface area contributed by atoms with Gasteiger partial charge in [-0.2, -0.15) is 0 Å². The zero-order chi connectivity index (χ0) is 18.5. The molecule has 0 spiro atoms. The summed E-state index contributed by atoms with van der Waals surface area (Å²) in [5, 5.41) is 8.79. The Morgan fingerprint density at radius 1 is 1.38 bits per heavy atom. The van der Waals surface area contributed by atoms with Crippen molar-refractivity contribution in [2.45, 2.75) is 29.4 Å². The number of hydrogen-bond donors (Lipinski definition) is 2. The molecule has 1 aliphatic heterocycles. The van der Waals surface area contributed by atoms with Crippen molar-refractivity contribution in [1.29, 1.82) is 0 Å². The van der Waals surface area contributed by atoms with Gasteiger partial charge in [0.15, 0.2) is 0 Å². The summed E-state index contributed by atoms with van der Waals surface area (Å²) in [4.78, 5) is 15.3. The minimum absolute atomic E-state index is 0.288. The van der Waals surface area contributed by atoms with E-state index in [1.165, 1.54) is 0 Å². The summed E-state index contributed by atoms with van der Waals surface area (Å²) < 4.78 is 8.80. The van der Waals surface area contributed by atoms with Gasteiger partial charge in [0.1, 0.15) is 6.61 Å². The Hall–Kier alpha value is -1.67. The highest BCUT2D eigenvalue weighted by atomic mass is 32.2. The van der Waals surface area contributed by atoms with Crippen LogP contribution in [0.1, 0.15) is 12.5 Å². The van der Waals surface area contributed by atoms with E-state index in [0.717, 1.165) is 33.3 Å². The third kappa shape index (κ3) is 4.54. The van der Waals surface area contributed by atoms with Crippen LogP contribution in [-0.4, -0.2) is 36.5 Å². The van der Waals surface area contributed by atoms with Crippen molar-refractivity contribution in [2.24, 2.45) is 0 Å². The predicted octanol–water partition coefficient (Wildman–Crippen LogP) is 4.15. The maximum Gasteiger partial charge on any atom is 0.329 e. The molecule has 0 amide bonds. The lowest BCUT2D eigenvalue weighted by atomic mass is 10.1. The van der Waals surface area contributed by atoms with E-state index in [0.29, 0.717) is 6.04 Å². The van der Waals surface area contributed by atoms with Crippen molar-refractivity contribution >= 4 is 41.1 Å². The van der Waals surface area contributed by atoms with E-state index >= 15 is 0 Å². The van der Waals surface area contributed by atoms with Crippen molar-refractivity contribution in [1.82, 2.24) is 4.72 Å². The number of fused-ring (bicyclic) bond motifs is 1. The second-order valence-electron chi connectivity index (χ2n) is 6.09. The number of hydrogen-bond acceptors (Lipinski definition) is 6. The van der Waals surface area contributed by atoms with Gasteiger partial charge in [0, 0.05) is 28.1 Å². The van der Waals surface area contributed by atoms with Gasteiger partial charge in [-0.25, -0.2) is 4.79 Å². The number of carbonyl (C=O) groups is 1. The predicted molar refractivity (Wildman–Crippen MR) is 107 cm³/mol. The number of carboxylic acid groups (broad SMARTS) is 1. The van der Waals surface area contributed by atoms with E-state index in [1.54, 1.807) is 23.7 Å². The Balaban J connectivity index is 1.97. The molecular formula is C19H22N2O3S2. The maximum absolute atomic E-state index is 10.7. The van der Waals surface area contributed by atoms with Gasteiger partial charge in [-0.15, -0.1) is 11.8 Å². The monoisotopic (exact) mass is 390 g/mol. The SMILES string of the molecule is CSc1cc2c(cc1COCC(=O)O)SNC(C)CN2c1ccccc1. The second-order valence-corrected chi connectivity index (χ2v) is 7.81. The molecule has 0 saturated heterocycles. The fraction of sp³-hybridized carbons (Fsp3) is 0.316. The molecule has 26 heavy (non-hydrogen) atoms. The fourth-order valence-electron chi connectivity index (χ4n) is 2.86. The van der Waals surface area contributed by atoms with Crippen molar-refractivity contribution < 1.29 is 14.6 Å². The van der Waals surface area contributed by atoms with Gasteiger partial charge in [-0.1, -0.05) is 18.2 Å². The number of carboxylic acids is 1. The lowest BCUT2D eigenvalue weighted by Gasteiger charge is -2.27. The highest BCUT2D eigenvalue weighted by molar-refractivity contribution is 7.98. The fourth-order valence-corrected chi connectivity index (χ4v) is 4.35. The molecule has 1 atom stereocenters. The van der Waals surface area contributed by atoms with Crippen LogP contribution in [-0.2, 0) is 16.1 Å². The van der Waals surface area contributed by atoms with Crippen molar-refractivity contribution in [3.8, 4) is 0 Å². The Morgan fingerprint density at radius 3 is 2.85 bits per heavy atom. The quantitative estimate of drug-likeness (QED) is 0.567. The van der Waals surface area contributed by atoms with Gasteiger partial charge < -0.3 is 14.7 Å². The molecule has 0 bridgehead atoms. The third-order valence-corrected chi connectivity index (χ3v) is 5.92. The van der Waals surface area contributed by atoms with Crippen molar-refractivity contribution in [3.05, 3.63) is 48.0 Å². The van der Waals surface area contributed by atoms with Crippen LogP contribution in [0.3, 0.4) is 0 Å². The second kappa shape index (κ2) is 8.81. The summed E-state index contributed by atoms with van der Waals surface area (Å²) in [6.07, 6.45) is 2.03. The molecule has 1 heterocycles. The highest BCUT2D eigenvalue weighted by Crippen LogP contribution is 2.40. The zero-order valence-corrected chi connectivity index (χ0v) is 16.4. The molecule has 0 aliphatic carbocycles. The average molecular weight is 391 g/mol. The van der Waals surface area contributed by atoms with Crippen LogP contribution in [0.5, 0.6) is 0 Å². The Morgan fingerprint density at radius 2 is 2.15 bits per heavy atom. The number of thioether (sulfide) groups is 1. The molecule has 0 fully saturated rings. The van der Waals surface area contributed by atoms with Crippen LogP contribution in [0.4, 0.5) is 11.4 Å². The normalized spacial score (nSPS) is 16.8. The number of ether oxygens (including phenoxy) is 1. The van der Waals surface area contributed by atoms with Gasteiger partial charge in [0.2, 0.25) is 0 Å². The van der Waals surface area contributed by atoms with Gasteiger partial charge in [0.05, 0.1) is 12.3 Å². The molecule has 1 aliphatic rings. The summed E-state index contributed by atoms with van der Waals surface area (Å²) in [5.41, 5.74) is 3.32. The van der Waals surface area contributed by atoms with E-state index in [2.05, 4.69) is 52.9 Å². The summed E-state index contributed by atoms with van der Waals surface area (Å²) in [5.74, 6) is -0.953. The lowest BCUT2D eigenvalue weighted by Crippen LogP contribution is -2.31. The first-order chi connectivity index (χ1) is 12.6. The van der Waals surface area contributed by atoms with Crippen LogP contribution < -0.4 is 9.62 Å². The molecule has 2 aromatic carbocycles. The smallest absolute Gasteiger partial charge is 0.329 e. The van der Waals surface area contributed by atoms with E-state index in [-0.39, 0.29) is 13.2 Å². The standard InChI is InChI=1S/C19H22N2O3S2/c1-13-10-21(15-6-4-3-5-7-15)16-9-17(25-2)14(8-18(16)26-20-13)11-24-12-19(22)23/h3-9,13,20H,10-12H2,1-2H3,(H,22,23). The minimum atomic E-state index is -0.953. The van der Waals surface area contributed by atoms with Gasteiger partial charge in [-0.05, 0) is 55.0 Å². The molecule has 1 unspecified atom stereocenters. The first kappa shape index (κ1) is 19.1. The Labute approximate surface area is 162 Å². The number of nitrogens with zero attached hydrogens (tertiary/aromatic N) is 1. The number of para-hydroxylation sites is 1. The van der Waals surface area contributed by atoms with Gasteiger partial charge >= 0.3 is 5.97 Å². The average Bonchev–Trinajstić information content (AvgIpc) is 2.80. The molecule has 5 nitrogen and oxygen atoms in total. The molecule has 2 N–H and O–H groups in total. The number of nitrogens with one attached hydrogen (secondary N) is 1. The van der Waals surface area contributed by atoms with E-state index in [1.807, 2.05) is 12.3 Å². The van der Waals surface area contributed by atoms with Crippen LogP contribution in [0, 0.1) is 0 Å². The minimum Gasteiger partial charge on any atom is -0.480 e. The number of benzene rings is 2. The van der Waals surface area contributed by atoms with Crippen LogP contribution >= 0.6 is 23.7 Å². The Kier molecular flexibility index (Phi) is 6.48. The molecular weight excluding hydrogens is 368 g/mol. The molecule has 0 saturated carbocycles. The molecule has 0 aromatic heterocycles. The van der Waals surface area contributed by atoms with Crippen molar-refractivity contribution in [3.63, 3.8) is 0 Å². The molecule has 7 heteroatoms. The molecule has 3 rings (SSSR count). The van der Waals surface area contributed by atoms with Crippen LogP contribution in [0.15, 0.2) is 52.3 Å². The van der Waals surface area contributed by atoms with Gasteiger partial charge in [0.25, 0.3) is 0 Å². The first-order valence-electron chi connectivity index (χ1n) is 8.34. The van der Waals surface area contributed by atoms with Crippen molar-refractivity contribution in [2.75, 3.05) is 24.3 Å². The van der Waals surface area contributed by atoms with E-state index < -0.39 is 5.97 Å². The number of aliphatic carboxylic acids is 1. The molecule has 138 valence electrons. The third-order valence-electron chi connectivity index (χ3n) is 4.03. The summed E-state index contributed by atoms with van der Waals surface area (Å²) >= 11 is 3.26. The van der Waals surface area contributed by atoms with E-state index in [4.69, 9.17) is 9.84 Å². The molecule has 2 aromatic rings. The zero-order valence-electron chi connectivity index (χ0n) is 14.8. The lowest BCUT2D eigenvalue weighted by molar-refractivity contribution is -0.142. The number of rotatable bonds is 6. The summed E-state index contributed by atoms with van der Waals surface area (Å²) in [7, 11) is 0. The highest BCUT2D eigenvalue weighted by Gasteiger charge is 2.23. The van der Waals surface area contributed by atoms with Gasteiger partial charge in [-0.3, -0.25) is 4.72 Å². The topological polar surface area (TPSA) is 61.8 Å². The van der Waals surface area contributed by atoms with Crippen LogP contribution in [0.25, 0.3) is 0 Å². The van der Waals surface area contributed by atoms with Crippen LogP contribution in [0.2, 0.25) is 0 Å². The largest absolute Gasteiger partial charge is 0.480 e. The maximum atomic E-state index is 10.7. The van der Waals surface area contributed by atoms with E-state index in [9.17, 15) is 4.79 Å². The Bertz CT molecular complexity index is 771. The summed E-state index contributed by atoms with van der Waals surface area (Å²) in [6.45, 7) is 3.04. The first-order valence-corrected chi connectivity index (χ1v) is 10.4. The molecule has 0 radical (unpaired) electrons. The number of anilines is 2.